The molecule has 8 N–H and O–H groups in total. The van der Waals surface area contributed by atoms with Crippen molar-refractivity contribution in [3.05, 3.63) is 56.7 Å². The van der Waals surface area contributed by atoms with Crippen LogP contribution in [-0.4, -0.2) is 59.5 Å². The quantitative estimate of drug-likeness (QED) is 0.158. The molecule has 0 bridgehead atoms. The fraction of sp³-hybridized carbons (Fsp3) is 0.125. The van der Waals surface area contributed by atoms with Gasteiger partial charge in [0, 0.05) is 24.8 Å². The molecule has 4 aromatic rings. The maximum atomic E-state index is 13.5. The SMILES string of the molecule is O=C(O)CC[C@H](NC(=O)c1c(O)c(O)cc2occ(-c3c[nH]c4cc(O)c(O)cc4c3=O)c(=O)c12)C(=O)O. The van der Waals surface area contributed by atoms with Crippen LogP contribution < -0.4 is 16.2 Å². The Bertz CT molecular complexity index is 1770. The Morgan fingerprint density at radius 3 is 2.26 bits per heavy atom. The maximum absolute atomic E-state index is 13.5. The number of hydrogen-bond acceptors (Lipinski definition) is 10. The van der Waals surface area contributed by atoms with Gasteiger partial charge in [-0.3, -0.25) is 19.2 Å². The lowest BCUT2D eigenvalue weighted by molar-refractivity contribution is -0.140. The van der Waals surface area contributed by atoms with E-state index in [1.165, 1.54) is 0 Å². The van der Waals surface area contributed by atoms with E-state index in [-0.39, 0.29) is 16.5 Å². The summed E-state index contributed by atoms with van der Waals surface area (Å²) >= 11 is 0. The molecule has 38 heavy (non-hydrogen) atoms. The van der Waals surface area contributed by atoms with Crippen molar-refractivity contribution < 1.29 is 49.4 Å². The second kappa shape index (κ2) is 9.50. The van der Waals surface area contributed by atoms with E-state index in [1.807, 2.05) is 5.32 Å². The number of rotatable bonds is 7. The summed E-state index contributed by atoms with van der Waals surface area (Å²) in [7, 11) is 0. The van der Waals surface area contributed by atoms with Gasteiger partial charge >= 0.3 is 11.9 Å². The van der Waals surface area contributed by atoms with E-state index >= 15 is 0 Å². The van der Waals surface area contributed by atoms with Crippen molar-refractivity contribution in [3.63, 3.8) is 0 Å². The molecule has 2 aromatic carbocycles. The number of aromatic amines is 1. The summed E-state index contributed by atoms with van der Waals surface area (Å²) in [6.45, 7) is 0. The number of pyridine rings is 1. The van der Waals surface area contributed by atoms with E-state index < -0.39 is 92.7 Å². The van der Waals surface area contributed by atoms with E-state index in [4.69, 9.17) is 9.52 Å². The fourth-order valence-corrected chi connectivity index (χ4v) is 3.87. The van der Waals surface area contributed by atoms with Crippen LogP contribution in [0.5, 0.6) is 23.0 Å². The van der Waals surface area contributed by atoms with Crippen LogP contribution in [-0.2, 0) is 9.59 Å². The van der Waals surface area contributed by atoms with Crippen LogP contribution in [0.3, 0.4) is 0 Å². The number of carboxylic acids is 2. The van der Waals surface area contributed by atoms with E-state index in [2.05, 4.69) is 4.98 Å². The Hall–Kier alpha value is -5.53. The zero-order chi connectivity index (χ0) is 27.9. The summed E-state index contributed by atoms with van der Waals surface area (Å²) in [5.41, 5.74) is -3.59. The summed E-state index contributed by atoms with van der Waals surface area (Å²) in [4.78, 5) is 64.6. The Morgan fingerprint density at radius 1 is 0.921 bits per heavy atom. The molecule has 1 amide bonds. The highest BCUT2D eigenvalue weighted by Gasteiger charge is 2.28. The standard InChI is InChI=1S/C24H18N2O12/c27-13-3-8-12(4-14(13)28)25-6-9(20(8)32)10-7-38-16-5-15(29)22(34)19(18(16)21(10)33)23(35)26-11(24(36)37)1-2-17(30)31/h3-7,11,27-29,34H,1-2H2,(H,25,32)(H,26,35)(H,30,31)(H,36,37)/t11-/m0/s1. The van der Waals surface area contributed by atoms with Gasteiger partial charge in [-0.2, -0.15) is 0 Å². The van der Waals surface area contributed by atoms with Crippen molar-refractivity contribution in [2.75, 3.05) is 0 Å². The highest BCUT2D eigenvalue weighted by Crippen LogP contribution is 2.36. The third-order valence-corrected chi connectivity index (χ3v) is 5.76. The molecule has 0 fully saturated rings. The third kappa shape index (κ3) is 4.41. The molecule has 0 unspecified atom stereocenters. The van der Waals surface area contributed by atoms with Gasteiger partial charge in [-0.05, 0) is 12.5 Å². The van der Waals surface area contributed by atoms with E-state index in [9.17, 15) is 49.5 Å². The molecule has 0 saturated heterocycles. The highest BCUT2D eigenvalue weighted by molar-refractivity contribution is 6.10. The van der Waals surface area contributed by atoms with Crippen LogP contribution in [0.2, 0.25) is 0 Å². The van der Waals surface area contributed by atoms with Gasteiger partial charge in [0.2, 0.25) is 5.43 Å². The monoisotopic (exact) mass is 526 g/mol. The van der Waals surface area contributed by atoms with E-state index in [1.54, 1.807) is 0 Å². The molecule has 0 aliphatic rings. The second-order valence-electron chi connectivity index (χ2n) is 8.19. The first-order valence-corrected chi connectivity index (χ1v) is 10.7. The molecule has 196 valence electrons. The average molecular weight is 526 g/mol. The van der Waals surface area contributed by atoms with E-state index in [0.29, 0.717) is 0 Å². The zero-order valence-corrected chi connectivity index (χ0v) is 19.0. The number of aromatic nitrogens is 1. The number of carbonyl (C=O) groups excluding carboxylic acids is 1. The number of phenols is 4. The summed E-state index contributed by atoms with van der Waals surface area (Å²) in [5.74, 6) is -7.32. The predicted octanol–water partition coefficient (Wildman–Crippen LogP) is 1.17. The predicted molar refractivity (Wildman–Crippen MR) is 128 cm³/mol. The van der Waals surface area contributed by atoms with Crippen LogP contribution in [0, 0.1) is 0 Å². The first kappa shape index (κ1) is 25.6. The van der Waals surface area contributed by atoms with Gasteiger partial charge in [0.05, 0.1) is 33.0 Å². The van der Waals surface area contributed by atoms with Gasteiger partial charge in [-0.25, -0.2) is 4.79 Å². The minimum atomic E-state index is -1.72. The smallest absolute Gasteiger partial charge is 0.326 e. The van der Waals surface area contributed by atoms with Gasteiger partial charge in [-0.1, -0.05) is 0 Å². The van der Waals surface area contributed by atoms with Gasteiger partial charge in [0.1, 0.15) is 17.9 Å². The number of carboxylic acid groups (broad SMARTS) is 2. The van der Waals surface area contributed by atoms with Crippen LogP contribution in [0.4, 0.5) is 0 Å². The molecule has 0 aliphatic carbocycles. The Balaban J connectivity index is 1.91. The minimum Gasteiger partial charge on any atom is -0.504 e. The van der Waals surface area contributed by atoms with Crippen molar-refractivity contribution in [1.82, 2.24) is 10.3 Å². The van der Waals surface area contributed by atoms with Gasteiger partial charge < -0.3 is 45.4 Å². The molecule has 14 heteroatoms. The molecule has 4 rings (SSSR count). The molecule has 0 saturated carbocycles. The largest absolute Gasteiger partial charge is 0.504 e. The molecule has 1 atom stereocenters. The topological polar surface area (TPSA) is 248 Å². The van der Waals surface area contributed by atoms with Crippen LogP contribution in [0.1, 0.15) is 23.2 Å². The van der Waals surface area contributed by atoms with Gasteiger partial charge in [-0.15, -0.1) is 0 Å². The molecule has 14 nitrogen and oxygen atoms in total. The molecular formula is C24H18N2O12. The summed E-state index contributed by atoms with van der Waals surface area (Å²) in [6.07, 6.45) is 0.842. The molecule has 2 heterocycles. The number of aromatic hydroxyl groups is 4. The lowest BCUT2D eigenvalue weighted by Crippen LogP contribution is -2.41. The number of amides is 1. The summed E-state index contributed by atoms with van der Waals surface area (Å²) in [5, 5.41) is 59.4. The number of benzene rings is 2. The Morgan fingerprint density at radius 2 is 1.61 bits per heavy atom. The Kier molecular flexibility index (Phi) is 6.39. The highest BCUT2D eigenvalue weighted by atomic mass is 16.4. The van der Waals surface area contributed by atoms with Crippen LogP contribution in [0.25, 0.3) is 33.0 Å². The first-order valence-electron chi connectivity index (χ1n) is 10.7. The van der Waals surface area contributed by atoms with Crippen molar-refractivity contribution in [2.45, 2.75) is 18.9 Å². The zero-order valence-electron chi connectivity index (χ0n) is 19.0. The number of H-pyrrole nitrogens is 1. The summed E-state index contributed by atoms with van der Waals surface area (Å²) < 4.78 is 5.36. The van der Waals surface area contributed by atoms with Gasteiger partial charge in [0.25, 0.3) is 5.91 Å². The minimum absolute atomic E-state index is 0.105. The van der Waals surface area contributed by atoms with Crippen molar-refractivity contribution in [2.24, 2.45) is 0 Å². The molecule has 0 aliphatic heterocycles. The van der Waals surface area contributed by atoms with Crippen molar-refractivity contribution in [1.29, 1.82) is 0 Å². The Labute approximate surface area is 209 Å². The van der Waals surface area contributed by atoms with Gasteiger partial charge in [0.15, 0.2) is 28.4 Å². The van der Waals surface area contributed by atoms with E-state index in [0.717, 1.165) is 30.7 Å². The summed E-state index contributed by atoms with van der Waals surface area (Å²) in [6, 6.07) is 1.17. The lowest BCUT2D eigenvalue weighted by atomic mass is 10.00. The fourth-order valence-electron chi connectivity index (χ4n) is 3.87. The average Bonchev–Trinajstić information content (AvgIpc) is 2.84. The normalized spacial score (nSPS) is 11.9. The maximum Gasteiger partial charge on any atom is 0.326 e. The lowest BCUT2D eigenvalue weighted by Gasteiger charge is -2.16. The second-order valence-corrected chi connectivity index (χ2v) is 8.19. The van der Waals surface area contributed by atoms with Crippen LogP contribution >= 0.6 is 0 Å². The number of nitrogens with one attached hydrogen (secondary N) is 2. The number of hydrogen-bond donors (Lipinski definition) is 8. The number of aliphatic carboxylic acids is 2. The van der Waals surface area contributed by atoms with Crippen molar-refractivity contribution in [3.8, 4) is 34.1 Å². The van der Waals surface area contributed by atoms with Crippen molar-refractivity contribution >= 4 is 39.7 Å². The number of carbonyl (C=O) groups is 3. The molecule has 0 spiro atoms. The molecule has 2 aromatic heterocycles. The number of phenolic OH excluding ortho intramolecular Hbond substituents is 4. The first-order chi connectivity index (χ1) is 17.9. The number of fused-ring (bicyclic) bond motifs is 2. The molecular weight excluding hydrogens is 508 g/mol. The third-order valence-electron chi connectivity index (χ3n) is 5.76. The van der Waals surface area contributed by atoms with Crippen LogP contribution in [0.15, 0.2) is 44.7 Å². The molecule has 0 radical (unpaired) electrons.